The molecule has 5 nitrogen and oxygen atoms in total. The summed E-state index contributed by atoms with van der Waals surface area (Å²) >= 11 is 0. The molecule has 102 valence electrons. The number of fused-ring (bicyclic) bond motifs is 1. The van der Waals surface area contributed by atoms with E-state index < -0.39 is 9.05 Å². The quantitative estimate of drug-likeness (QED) is 0.697. The third-order valence-electron chi connectivity index (χ3n) is 2.89. The number of imidazole rings is 1. The molecule has 20 heavy (non-hydrogen) atoms. The van der Waals surface area contributed by atoms with Crippen LogP contribution in [0.4, 0.5) is 0 Å². The Bertz CT molecular complexity index is 874. The first kappa shape index (κ1) is 13.1. The Morgan fingerprint density at radius 1 is 1.20 bits per heavy atom. The Kier molecular flexibility index (Phi) is 3.19. The van der Waals surface area contributed by atoms with E-state index in [1.54, 1.807) is 10.8 Å². The molecule has 0 aliphatic heterocycles. The molecule has 1 aromatic carbocycles. The molecule has 0 spiro atoms. The van der Waals surface area contributed by atoms with Gasteiger partial charge in [-0.05, 0) is 23.8 Å². The largest absolute Gasteiger partial charge is 0.332 e. The van der Waals surface area contributed by atoms with Gasteiger partial charge in [-0.25, -0.2) is 13.4 Å². The zero-order valence-electron chi connectivity index (χ0n) is 10.3. The van der Waals surface area contributed by atoms with E-state index in [2.05, 4.69) is 9.97 Å². The molecule has 0 aliphatic rings. The molecule has 3 aromatic rings. The minimum atomic E-state index is -3.78. The summed E-state index contributed by atoms with van der Waals surface area (Å²) in [6, 6.07) is 9.75. The van der Waals surface area contributed by atoms with Crippen molar-refractivity contribution in [1.29, 1.82) is 0 Å². The number of halogens is 1. The molecule has 0 fully saturated rings. The molecule has 2 heterocycles. The van der Waals surface area contributed by atoms with Gasteiger partial charge in [0.25, 0.3) is 9.05 Å². The van der Waals surface area contributed by atoms with Gasteiger partial charge in [-0.2, -0.15) is 0 Å². The topological polar surface area (TPSA) is 64.8 Å². The number of pyridine rings is 1. The van der Waals surface area contributed by atoms with Gasteiger partial charge in [0.1, 0.15) is 0 Å². The number of rotatable bonds is 3. The van der Waals surface area contributed by atoms with Crippen molar-refractivity contribution in [2.45, 2.75) is 11.6 Å². The average molecular weight is 308 g/mol. The fourth-order valence-corrected chi connectivity index (χ4v) is 2.66. The van der Waals surface area contributed by atoms with Crippen LogP contribution in [0.5, 0.6) is 0 Å². The lowest BCUT2D eigenvalue weighted by Crippen LogP contribution is -1.97. The summed E-state index contributed by atoms with van der Waals surface area (Å²) in [5, 5.41) is 0.900. The number of nitrogens with zero attached hydrogens (tertiary/aromatic N) is 3. The van der Waals surface area contributed by atoms with Crippen molar-refractivity contribution in [2.24, 2.45) is 0 Å². The molecule has 0 radical (unpaired) electrons. The van der Waals surface area contributed by atoms with E-state index >= 15 is 0 Å². The van der Waals surface area contributed by atoms with Crippen molar-refractivity contribution in [3.05, 3.63) is 54.6 Å². The normalized spacial score (nSPS) is 11.8. The monoisotopic (exact) mass is 307 g/mol. The first-order chi connectivity index (χ1) is 9.52. The second-order valence-corrected chi connectivity index (χ2v) is 6.87. The van der Waals surface area contributed by atoms with Gasteiger partial charge >= 0.3 is 0 Å². The second-order valence-electron chi connectivity index (χ2n) is 4.35. The first-order valence-corrected chi connectivity index (χ1v) is 8.13. The van der Waals surface area contributed by atoms with E-state index in [9.17, 15) is 8.42 Å². The maximum absolute atomic E-state index is 11.2. The van der Waals surface area contributed by atoms with Crippen molar-refractivity contribution in [3.8, 4) is 0 Å². The lowest BCUT2D eigenvalue weighted by atomic mass is 10.1. The molecule has 0 atom stereocenters. The predicted octanol–water partition coefficient (Wildman–Crippen LogP) is 2.41. The number of benzene rings is 1. The van der Waals surface area contributed by atoms with Gasteiger partial charge in [-0.1, -0.05) is 12.1 Å². The summed E-state index contributed by atoms with van der Waals surface area (Å²) in [4.78, 5) is 8.03. The van der Waals surface area contributed by atoms with Gasteiger partial charge in [0.05, 0.1) is 11.8 Å². The van der Waals surface area contributed by atoms with E-state index in [1.165, 1.54) is 12.5 Å². The van der Waals surface area contributed by atoms with E-state index in [1.807, 2.05) is 30.3 Å². The van der Waals surface area contributed by atoms with Gasteiger partial charge < -0.3 is 4.57 Å². The van der Waals surface area contributed by atoms with E-state index in [-0.39, 0.29) is 5.03 Å². The number of aromatic nitrogens is 3. The summed E-state index contributed by atoms with van der Waals surface area (Å²) in [5.74, 6) is 0. The Hall–Kier alpha value is -1.92. The standard InChI is InChI=1S/C13H10ClN3O2S/c14-20(18,19)13-8-17(9-16-13)7-10-3-4-12-11(6-10)2-1-5-15-12/h1-6,8-9H,7H2. The molecular formula is C13H10ClN3O2S. The van der Waals surface area contributed by atoms with Crippen LogP contribution in [0.2, 0.25) is 0 Å². The summed E-state index contributed by atoms with van der Waals surface area (Å²) in [5.41, 5.74) is 1.95. The molecule has 3 rings (SSSR count). The van der Waals surface area contributed by atoms with Crippen LogP contribution in [0.1, 0.15) is 5.56 Å². The van der Waals surface area contributed by atoms with Crippen LogP contribution in [0.3, 0.4) is 0 Å². The summed E-state index contributed by atoms with van der Waals surface area (Å²) < 4.78 is 24.0. The summed E-state index contributed by atoms with van der Waals surface area (Å²) in [6.45, 7) is 0.518. The van der Waals surface area contributed by atoms with Gasteiger partial charge in [-0.15, -0.1) is 0 Å². The van der Waals surface area contributed by atoms with Crippen molar-refractivity contribution < 1.29 is 8.42 Å². The van der Waals surface area contributed by atoms with Crippen molar-refractivity contribution in [3.63, 3.8) is 0 Å². The lowest BCUT2D eigenvalue weighted by Gasteiger charge is -2.04. The lowest BCUT2D eigenvalue weighted by molar-refractivity contribution is 0.606. The Morgan fingerprint density at radius 3 is 2.80 bits per heavy atom. The number of hydrogen-bond donors (Lipinski definition) is 0. The molecule has 0 amide bonds. The van der Waals surface area contributed by atoms with Crippen molar-refractivity contribution in [1.82, 2.24) is 14.5 Å². The van der Waals surface area contributed by atoms with Gasteiger partial charge in [0.15, 0.2) is 5.03 Å². The van der Waals surface area contributed by atoms with E-state index in [0.29, 0.717) is 6.54 Å². The molecule has 0 unspecified atom stereocenters. The minimum Gasteiger partial charge on any atom is -0.332 e. The summed E-state index contributed by atoms with van der Waals surface area (Å²) in [6.07, 6.45) is 4.61. The highest BCUT2D eigenvalue weighted by molar-refractivity contribution is 8.13. The second kappa shape index (κ2) is 4.88. The molecule has 0 saturated carbocycles. The number of hydrogen-bond acceptors (Lipinski definition) is 4. The molecule has 0 bridgehead atoms. The molecule has 0 saturated heterocycles. The smallest absolute Gasteiger partial charge is 0.280 e. The van der Waals surface area contributed by atoms with Crippen molar-refractivity contribution in [2.75, 3.05) is 0 Å². The van der Waals surface area contributed by atoms with Gasteiger partial charge in [0, 0.05) is 35.0 Å². The molecule has 2 aromatic heterocycles. The fourth-order valence-electron chi connectivity index (χ4n) is 1.99. The van der Waals surface area contributed by atoms with E-state index in [4.69, 9.17) is 10.7 Å². The van der Waals surface area contributed by atoms with Crippen LogP contribution in [0.25, 0.3) is 10.9 Å². The van der Waals surface area contributed by atoms with Crippen LogP contribution < -0.4 is 0 Å². The third kappa shape index (κ3) is 2.66. The fraction of sp³-hybridized carbons (Fsp3) is 0.0769. The predicted molar refractivity (Wildman–Crippen MR) is 76.1 cm³/mol. The average Bonchev–Trinajstić information content (AvgIpc) is 2.87. The highest BCUT2D eigenvalue weighted by atomic mass is 35.7. The molecule has 0 N–H and O–H groups in total. The van der Waals surface area contributed by atoms with E-state index in [0.717, 1.165) is 16.5 Å². The van der Waals surface area contributed by atoms with Crippen LogP contribution in [0, 0.1) is 0 Å². The van der Waals surface area contributed by atoms with Crippen LogP contribution in [0.15, 0.2) is 54.1 Å². The Labute approximate surface area is 120 Å². The Morgan fingerprint density at radius 2 is 2.05 bits per heavy atom. The van der Waals surface area contributed by atoms with Crippen LogP contribution in [-0.2, 0) is 15.6 Å². The zero-order chi connectivity index (χ0) is 14.2. The molecule has 7 heteroatoms. The maximum Gasteiger partial charge on any atom is 0.280 e. The highest BCUT2D eigenvalue weighted by Gasteiger charge is 2.13. The van der Waals surface area contributed by atoms with Crippen LogP contribution in [-0.4, -0.2) is 23.0 Å². The highest BCUT2D eigenvalue weighted by Crippen LogP contribution is 2.16. The third-order valence-corrected chi connectivity index (χ3v) is 4.08. The zero-order valence-corrected chi connectivity index (χ0v) is 11.8. The molecular weight excluding hydrogens is 298 g/mol. The SMILES string of the molecule is O=S(=O)(Cl)c1cn(Cc2ccc3ncccc3c2)cn1. The Balaban J connectivity index is 1.91. The van der Waals surface area contributed by atoms with Crippen molar-refractivity contribution >= 4 is 30.6 Å². The first-order valence-electron chi connectivity index (χ1n) is 5.82. The summed E-state index contributed by atoms with van der Waals surface area (Å²) in [7, 11) is 1.46. The minimum absolute atomic E-state index is 0.137. The maximum atomic E-state index is 11.2. The van der Waals surface area contributed by atoms with Gasteiger partial charge in [0.2, 0.25) is 0 Å². The molecule has 0 aliphatic carbocycles. The van der Waals surface area contributed by atoms with Crippen LogP contribution >= 0.6 is 10.7 Å². The van der Waals surface area contributed by atoms with Gasteiger partial charge in [-0.3, -0.25) is 4.98 Å².